The lowest BCUT2D eigenvalue weighted by molar-refractivity contribution is -0.122. The van der Waals surface area contributed by atoms with Crippen LogP contribution in [-0.2, 0) is 10.5 Å². The molecule has 2 aromatic heterocycles. The molecule has 1 fully saturated rings. The molecule has 1 saturated heterocycles. The zero-order chi connectivity index (χ0) is 24.4. The zero-order valence-electron chi connectivity index (χ0n) is 18.2. The van der Waals surface area contributed by atoms with Gasteiger partial charge in [0.05, 0.1) is 15.9 Å². The maximum absolute atomic E-state index is 13.4. The number of thiocarbonyl (C=S) groups is 1. The zero-order valence-corrected chi connectivity index (χ0v) is 22.2. The Kier molecular flexibility index (Phi) is 7.40. The number of hydrogen-bond acceptors (Lipinski definition) is 7. The standard InChI is InChI=1S/C25H18ClN3O2S4/c26-17-9-7-16(8-10-17)15-34-24-27-19-5-1-2-6-20(19)29(24)22(30)11-12-28-23(31)21(35-25(28)32)14-18-4-3-13-33-18/h1-10,13-14H,11-12,15H2. The predicted octanol–water partition coefficient (Wildman–Crippen LogP) is 6.98. The van der Waals surface area contributed by atoms with Crippen LogP contribution in [0.5, 0.6) is 0 Å². The van der Waals surface area contributed by atoms with Gasteiger partial charge < -0.3 is 0 Å². The van der Waals surface area contributed by atoms with Crippen molar-refractivity contribution in [3.05, 3.63) is 86.4 Å². The number of carbonyl (C=O) groups excluding carboxylic acids is 2. The summed E-state index contributed by atoms with van der Waals surface area (Å²) in [5.74, 6) is 0.360. The van der Waals surface area contributed by atoms with E-state index in [1.807, 2.05) is 72.1 Å². The average molecular weight is 556 g/mol. The van der Waals surface area contributed by atoms with E-state index in [-0.39, 0.29) is 24.8 Å². The van der Waals surface area contributed by atoms with Gasteiger partial charge in [0.15, 0.2) is 5.16 Å². The first kappa shape index (κ1) is 24.3. The van der Waals surface area contributed by atoms with Crippen LogP contribution in [0.15, 0.2) is 76.1 Å². The molecule has 176 valence electrons. The summed E-state index contributed by atoms with van der Waals surface area (Å²) < 4.78 is 2.12. The highest BCUT2D eigenvalue weighted by molar-refractivity contribution is 8.26. The first-order valence-corrected chi connectivity index (χ1v) is 14.1. The van der Waals surface area contributed by atoms with Crippen molar-refractivity contribution in [2.24, 2.45) is 0 Å². The third kappa shape index (κ3) is 5.39. The lowest BCUT2D eigenvalue weighted by atomic mass is 10.2. The minimum absolute atomic E-state index is 0.131. The van der Waals surface area contributed by atoms with Gasteiger partial charge in [-0.15, -0.1) is 11.3 Å². The second-order valence-corrected chi connectivity index (χ2v) is 11.7. The number of amides is 1. The number of thiophene rings is 1. The number of thioether (sulfide) groups is 2. The monoisotopic (exact) mass is 555 g/mol. The van der Waals surface area contributed by atoms with Gasteiger partial charge in [0, 0.05) is 28.6 Å². The van der Waals surface area contributed by atoms with Crippen LogP contribution in [0.2, 0.25) is 5.02 Å². The number of aromatic nitrogens is 2. The molecule has 0 bridgehead atoms. The molecule has 1 amide bonds. The molecule has 5 rings (SSSR count). The van der Waals surface area contributed by atoms with Gasteiger partial charge in [-0.05, 0) is 47.4 Å². The Labute approximate surface area is 225 Å². The van der Waals surface area contributed by atoms with Crippen molar-refractivity contribution in [1.82, 2.24) is 14.5 Å². The molecular weight excluding hydrogens is 538 g/mol. The van der Waals surface area contributed by atoms with E-state index in [0.29, 0.717) is 25.2 Å². The Morgan fingerprint density at radius 1 is 1.11 bits per heavy atom. The van der Waals surface area contributed by atoms with Gasteiger partial charge in [-0.1, -0.05) is 77.7 Å². The minimum Gasteiger partial charge on any atom is -0.292 e. The van der Waals surface area contributed by atoms with Crippen molar-refractivity contribution in [3.8, 4) is 0 Å². The normalized spacial score (nSPS) is 15.0. The van der Waals surface area contributed by atoms with Gasteiger partial charge in [0.25, 0.3) is 5.91 Å². The topological polar surface area (TPSA) is 55.2 Å². The van der Waals surface area contributed by atoms with Gasteiger partial charge in [-0.2, -0.15) is 0 Å². The second-order valence-electron chi connectivity index (χ2n) is 7.63. The summed E-state index contributed by atoms with van der Waals surface area (Å²) in [5, 5.41) is 3.26. The fourth-order valence-electron chi connectivity index (χ4n) is 3.58. The van der Waals surface area contributed by atoms with Crippen molar-refractivity contribution in [2.45, 2.75) is 17.3 Å². The second kappa shape index (κ2) is 10.7. The smallest absolute Gasteiger partial charge is 0.266 e. The van der Waals surface area contributed by atoms with Crippen LogP contribution in [0.1, 0.15) is 21.7 Å². The lowest BCUT2D eigenvalue weighted by Gasteiger charge is -2.14. The van der Waals surface area contributed by atoms with Crippen molar-refractivity contribution in [1.29, 1.82) is 0 Å². The number of hydrogen-bond donors (Lipinski definition) is 0. The van der Waals surface area contributed by atoms with E-state index in [2.05, 4.69) is 0 Å². The molecular formula is C25H18ClN3O2S4. The largest absolute Gasteiger partial charge is 0.292 e. The summed E-state index contributed by atoms with van der Waals surface area (Å²) >= 11 is 15.8. The summed E-state index contributed by atoms with van der Waals surface area (Å²) in [6, 6.07) is 19.1. The molecule has 5 nitrogen and oxygen atoms in total. The predicted molar refractivity (Wildman–Crippen MR) is 150 cm³/mol. The maximum atomic E-state index is 13.4. The molecule has 0 spiro atoms. The van der Waals surface area contributed by atoms with Crippen molar-refractivity contribution in [2.75, 3.05) is 6.54 Å². The summed E-state index contributed by atoms with van der Waals surface area (Å²) in [6.07, 6.45) is 1.98. The molecule has 3 heterocycles. The summed E-state index contributed by atoms with van der Waals surface area (Å²) in [7, 11) is 0. The van der Waals surface area contributed by atoms with Gasteiger partial charge in [0.1, 0.15) is 4.32 Å². The fourth-order valence-corrected chi connectivity index (χ4v) is 6.72. The van der Waals surface area contributed by atoms with Gasteiger partial charge in [-0.3, -0.25) is 19.1 Å². The van der Waals surface area contributed by atoms with Crippen LogP contribution >= 0.6 is 58.7 Å². The van der Waals surface area contributed by atoms with Crippen LogP contribution in [0.3, 0.4) is 0 Å². The molecule has 0 atom stereocenters. The van der Waals surface area contributed by atoms with Crippen molar-refractivity contribution < 1.29 is 9.59 Å². The quantitative estimate of drug-likeness (QED) is 0.139. The van der Waals surface area contributed by atoms with Crippen LogP contribution in [0.25, 0.3) is 17.1 Å². The molecule has 4 aromatic rings. The number of rotatable bonds is 7. The molecule has 1 aliphatic heterocycles. The van der Waals surface area contributed by atoms with Gasteiger partial charge in [0.2, 0.25) is 5.91 Å². The SMILES string of the molecule is O=C1C(=Cc2cccs2)SC(=S)N1CCC(=O)n1c(SCc2ccc(Cl)cc2)nc2ccccc21. The summed E-state index contributed by atoms with van der Waals surface area (Å²) in [5.41, 5.74) is 2.59. The Hall–Kier alpha value is -2.43. The third-order valence-electron chi connectivity index (χ3n) is 5.30. The Morgan fingerprint density at radius 3 is 2.69 bits per heavy atom. The Morgan fingerprint density at radius 2 is 1.91 bits per heavy atom. The fraction of sp³-hybridized carbons (Fsp3) is 0.120. The Bertz CT molecular complexity index is 1450. The number of para-hydroxylation sites is 2. The number of carbonyl (C=O) groups is 2. The highest BCUT2D eigenvalue weighted by Crippen LogP contribution is 2.34. The van der Waals surface area contributed by atoms with E-state index < -0.39 is 0 Å². The van der Waals surface area contributed by atoms with Crippen LogP contribution in [-0.4, -0.2) is 37.1 Å². The van der Waals surface area contributed by atoms with E-state index >= 15 is 0 Å². The lowest BCUT2D eigenvalue weighted by Crippen LogP contribution is -2.31. The Balaban J connectivity index is 1.33. The molecule has 1 aliphatic rings. The van der Waals surface area contributed by atoms with Crippen molar-refractivity contribution in [3.63, 3.8) is 0 Å². The van der Waals surface area contributed by atoms with E-state index in [0.717, 1.165) is 21.5 Å². The highest BCUT2D eigenvalue weighted by Gasteiger charge is 2.32. The minimum atomic E-state index is -0.158. The number of fused-ring (bicyclic) bond motifs is 1. The number of imidazole rings is 1. The molecule has 10 heteroatoms. The number of benzene rings is 2. The van der Waals surface area contributed by atoms with E-state index in [4.69, 9.17) is 28.8 Å². The van der Waals surface area contributed by atoms with Crippen molar-refractivity contribution >= 4 is 91.9 Å². The first-order chi connectivity index (χ1) is 17.0. The molecule has 0 aliphatic carbocycles. The average Bonchev–Trinajstić information content (AvgIpc) is 3.56. The molecule has 2 aromatic carbocycles. The summed E-state index contributed by atoms with van der Waals surface area (Å²) in [6.45, 7) is 0.221. The molecule has 0 N–H and O–H groups in total. The van der Waals surface area contributed by atoms with Gasteiger partial charge in [-0.25, -0.2) is 4.98 Å². The molecule has 0 unspecified atom stereocenters. The molecule has 0 radical (unpaired) electrons. The number of nitrogens with zero attached hydrogens (tertiary/aromatic N) is 3. The number of halogens is 1. The highest BCUT2D eigenvalue weighted by atomic mass is 35.5. The first-order valence-electron chi connectivity index (χ1n) is 10.7. The van der Waals surface area contributed by atoms with E-state index in [1.165, 1.54) is 28.4 Å². The maximum Gasteiger partial charge on any atom is 0.266 e. The van der Waals surface area contributed by atoms with E-state index in [1.54, 1.807) is 15.9 Å². The van der Waals surface area contributed by atoms with Crippen LogP contribution in [0, 0.1) is 0 Å². The molecule has 0 saturated carbocycles. The van der Waals surface area contributed by atoms with Crippen LogP contribution < -0.4 is 0 Å². The van der Waals surface area contributed by atoms with Crippen LogP contribution in [0.4, 0.5) is 0 Å². The summed E-state index contributed by atoms with van der Waals surface area (Å²) in [4.78, 5) is 34.1. The van der Waals surface area contributed by atoms with Gasteiger partial charge >= 0.3 is 0 Å². The van der Waals surface area contributed by atoms with E-state index in [9.17, 15) is 9.59 Å². The third-order valence-corrected chi connectivity index (χ3v) is 8.76. The molecule has 35 heavy (non-hydrogen) atoms.